The Balaban J connectivity index is 1.95. The highest BCUT2D eigenvalue weighted by Crippen LogP contribution is 2.34. The molecule has 1 saturated heterocycles. The van der Waals surface area contributed by atoms with E-state index in [2.05, 4.69) is 5.32 Å². The standard InChI is InChI=1S/C23H30N2O5S/c1-17(2)23(27,18-10-6-4-7-11-18)22(26)24-19-12-13-20(30-3)21(16-19)31(28,29)25-14-8-5-9-15-25/h4,6-7,10-13,16-17,27H,5,8-9,14-15H2,1-3H3,(H,24,26)/t23-/m0/s1. The number of carbonyl (C=O) groups is 1. The Morgan fingerprint density at radius 1 is 1.10 bits per heavy atom. The van der Waals surface area contributed by atoms with Crippen molar-refractivity contribution in [2.75, 3.05) is 25.5 Å². The van der Waals surface area contributed by atoms with Crippen LogP contribution in [0.2, 0.25) is 0 Å². The molecule has 3 rings (SSSR count). The number of carbonyl (C=O) groups excluding carboxylic acids is 1. The van der Waals surface area contributed by atoms with Crippen LogP contribution in [0.5, 0.6) is 5.75 Å². The lowest BCUT2D eigenvalue weighted by molar-refractivity contribution is -0.140. The van der Waals surface area contributed by atoms with Gasteiger partial charge >= 0.3 is 0 Å². The quantitative estimate of drug-likeness (QED) is 0.680. The summed E-state index contributed by atoms with van der Waals surface area (Å²) in [5, 5.41) is 14.0. The molecular weight excluding hydrogens is 416 g/mol. The fraction of sp³-hybridized carbons (Fsp3) is 0.435. The number of piperidine rings is 1. The van der Waals surface area contributed by atoms with E-state index in [-0.39, 0.29) is 16.3 Å². The summed E-state index contributed by atoms with van der Waals surface area (Å²) in [7, 11) is -2.36. The van der Waals surface area contributed by atoms with Gasteiger partial charge in [0.05, 0.1) is 7.11 Å². The first-order chi connectivity index (χ1) is 14.7. The molecule has 7 nitrogen and oxygen atoms in total. The van der Waals surface area contributed by atoms with Gasteiger partial charge in [0, 0.05) is 18.8 Å². The van der Waals surface area contributed by atoms with Gasteiger partial charge in [0.2, 0.25) is 10.0 Å². The Hall–Kier alpha value is -2.42. The second-order valence-corrected chi connectivity index (χ2v) is 9.98. The molecule has 0 unspecified atom stereocenters. The molecule has 0 aliphatic carbocycles. The van der Waals surface area contributed by atoms with Gasteiger partial charge in [-0.3, -0.25) is 4.79 Å². The Morgan fingerprint density at radius 3 is 2.32 bits per heavy atom. The minimum atomic E-state index is -3.77. The molecule has 0 saturated carbocycles. The molecule has 0 bridgehead atoms. The summed E-state index contributed by atoms with van der Waals surface area (Å²) in [6.07, 6.45) is 2.64. The number of nitrogens with zero attached hydrogens (tertiary/aromatic N) is 1. The van der Waals surface area contributed by atoms with Gasteiger partial charge in [-0.15, -0.1) is 0 Å². The second kappa shape index (κ2) is 9.38. The van der Waals surface area contributed by atoms with E-state index in [1.54, 1.807) is 44.2 Å². The van der Waals surface area contributed by atoms with E-state index < -0.39 is 27.4 Å². The van der Waals surface area contributed by atoms with Crippen LogP contribution in [-0.2, 0) is 20.4 Å². The van der Waals surface area contributed by atoms with Gasteiger partial charge in [0.15, 0.2) is 5.60 Å². The normalized spacial score (nSPS) is 17.2. The van der Waals surface area contributed by atoms with Gasteiger partial charge in [0.1, 0.15) is 10.6 Å². The Morgan fingerprint density at radius 2 is 1.74 bits per heavy atom. The van der Waals surface area contributed by atoms with Crippen LogP contribution in [0.3, 0.4) is 0 Å². The van der Waals surface area contributed by atoms with Gasteiger partial charge < -0.3 is 15.2 Å². The van der Waals surface area contributed by atoms with Crippen LogP contribution in [0.25, 0.3) is 0 Å². The molecule has 0 radical (unpaired) electrons. The summed E-state index contributed by atoms with van der Waals surface area (Å²) >= 11 is 0. The third-order valence-electron chi connectivity index (χ3n) is 5.75. The molecule has 1 amide bonds. The van der Waals surface area contributed by atoms with Gasteiger partial charge in [-0.25, -0.2) is 8.42 Å². The van der Waals surface area contributed by atoms with Crippen molar-refractivity contribution in [1.29, 1.82) is 0 Å². The number of hydrogen-bond donors (Lipinski definition) is 2. The van der Waals surface area contributed by atoms with Crippen molar-refractivity contribution in [3.8, 4) is 5.75 Å². The van der Waals surface area contributed by atoms with Crippen molar-refractivity contribution in [3.05, 3.63) is 54.1 Å². The maximum absolute atomic E-state index is 13.2. The number of amides is 1. The van der Waals surface area contributed by atoms with E-state index >= 15 is 0 Å². The number of rotatable bonds is 7. The fourth-order valence-electron chi connectivity index (χ4n) is 3.85. The first-order valence-corrected chi connectivity index (χ1v) is 11.9. The molecule has 1 atom stereocenters. The second-order valence-electron chi connectivity index (χ2n) is 8.07. The summed E-state index contributed by atoms with van der Waals surface area (Å²) in [4.78, 5) is 13.1. The predicted molar refractivity (Wildman–Crippen MR) is 119 cm³/mol. The van der Waals surface area contributed by atoms with Gasteiger partial charge in [0.25, 0.3) is 5.91 Å². The number of methoxy groups -OCH3 is 1. The molecule has 1 heterocycles. The molecule has 31 heavy (non-hydrogen) atoms. The summed E-state index contributed by atoms with van der Waals surface area (Å²) < 4.78 is 33.2. The van der Waals surface area contributed by atoms with Crippen LogP contribution in [0, 0.1) is 5.92 Å². The maximum atomic E-state index is 13.2. The third kappa shape index (κ3) is 4.61. The number of sulfonamides is 1. The molecule has 2 aromatic carbocycles. The molecule has 8 heteroatoms. The summed E-state index contributed by atoms with van der Waals surface area (Å²) in [5.41, 5.74) is -1.03. The van der Waals surface area contributed by atoms with Gasteiger partial charge in [-0.2, -0.15) is 4.31 Å². The van der Waals surface area contributed by atoms with Crippen molar-refractivity contribution in [3.63, 3.8) is 0 Å². The predicted octanol–water partition coefficient (Wildman–Crippen LogP) is 3.35. The zero-order valence-electron chi connectivity index (χ0n) is 18.2. The summed E-state index contributed by atoms with van der Waals surface area (Å²) in [6, 6.07) is 13.2. The highest BCUT2D eigenvalue weighted by Gasteiger charge is 2.41. The number of aliphatic hydroxyl groups is 1. The van der Waals surface area contributed by atoms with E-state index in [4.69, 9.17) is 4.74 Å². The van der Waals surface area contributed by atoms with Crippen molar-refractivity contribution >= 4 is 21.6 Å². The fourth-order valence-corrected chi connectivity index (χ4v) is 5.54. The average Bonchev–Trinajstić information content (AvgIpc) is 2.79. The molecule has 0 spiro atoms. The van der Waals surface area contributed by atoms with Crippen LogP contribution in [0.4, 0.5) is 5.69 Å². The first kappa shape index (κ1) is 23.2. The Bertz CT molecular complexity index is 1020. The molecule has 2 aromatic rings. The van der Waals surface area contributed by atoms with E-state index in [1.165, 1.54) is 23.5 Å². The lowest BCUT2D eigenvalue weighted by Crippen LogP contribution is -2.44. The molecule has 168 valence electrons. The lowest BCUT2D eigenvalue weighted by Gasteiger charge is -2.31. The minimum absolute atomic E-state index is 0.00231. The monoisotopic (exact) mass is 446 g/mol. The molecule has 2 N–H and O–H groups in total. The number of nitrogens with one attached hydrogen (secondary N) is 1. The topological polar surface area (TPSA) is 95.9 Å². The Kier molecular flexibility index (Phi) is 7.03. The van der Waals surface area contributed by atoms with E-state index in [0.717, 1.165) is 19.3 Å². The van der Waals surface area contributed by atoms with Crippen molar-refractivity contribution in [1.82, 2.24) is 4.31 Å². The third-order valence-corrected chi connectivity index (χ3v) is 7.67. The maximum Gasteiger partial charge on any atom is 0.261 e. The SMILES string of the molecule is COc1ccc(NC(=O)[C@@](O)(c2ccccc2)C(C)C)cc1S(=O)(=O)N1CCCCC1. The number of ether oxygens (including phenoxy) is 1. The van der Waals surface area contributed by atoms with E-state index in [9.17, 15) is 18.3 Å². The summed E-state index contributed by atoms with van der Waals surface area (Å²) in [5.74, 6) is -0.823. The van der Waals surface area contributed by atoms with Crippen LogP contribution in [-0.4, -0.2) is 43.9 Å². The average molecular weight is 447 g/mol. The van der Waals surface area contributed by atoms with Crippen LogP contribution >= 0.6 is 0 Å². The largest absolute Gasteiger partial charge is 0.495 e. The first-order valence-electron chi connectivity index (χ1n) is 10.5. The number of anilines is 1. The summed E-state index contributed by atoms with van der Waals surface area (Å²) in [6.45, 7) is 4.44. The number of hydrogen-bond acceptors (Lipinski definition) is 5. The van der Waals surface area contributed by atoms with Gasteiger partial charge in [-0.05, 0) is 42.5 Å². The highest BCUT2D eigenvalue weighted by atomic mass is 32.2. The van der Waals surface area contributed by atoms with E-state index in [0.29, 0.717) is 18.7 Å². The zero-order chi connectivity index (χ0) is 22.6. The lowest BCUT2D eigenvalue weighted by atomic mass is 9.82. The molecule has 0 aromatic heterocycles. The zero-order valence-corrected chi connectivity index (χ0v) is 19.0. The van der Waals surface area contributed by atoms with Crippen LogP contribution in [0.15, 0.2) is 53.4 Å². The van der Waals surface area contributed by atoms with Crippen molar-refractivity contribution in [2.45, 2.75) is 43.6 Å². The Labute approximate surface area is 184 Å². The highest BCUT2D eigenvalue weighted by molar-refractivity contribution is 7.89. The molecule has 1 aliphatic rings. The van der Waals surface area contributed by atoms with Crippen LogP contribution < -0.4 is 10.1 Å². The van der Waals surface area contributed by atoms with Crippen molar-refractivity contribution < 1.29 is 23.1 Å². The number of benzene rings is 2. The van der Waals surface area contributed by atoms with Crippen LogP contribution in [0.1, 0.15) is 38.7 Å². The molecule has 1 aliphatic heterocycles. The van der Waals surface area contributed by atoms with Crippen molar-refractivity contribution in [2.24, 2.45) is 5.92 Å². The minimum Gasteiger partial charge on any atom is -0.495 e. The van der Waals surface area contributed by atoms with E-state index in [1.807, 2.05) is 6.07 Å². The molecular formula is C23H30N2O5S. The molecule has 1 fully saturated rings. The van der Waals surface area contributed by atoms with Gasteiger partial charge in [-0.1, -0.05) is 50.6 Å². The smallest absolute Gasteiger partial charge is 0.261 e.